The third kappa shape index (κ3) is 2.80. The highest BCUT2D eigenvalue weighted by Gasteiger charge is 2.12. The molecule has 0 aliphatic rings. The molecule has 0 bridgehead atoms. The molecule has 2 aromatic rings. The number of fused-ring (bicyclic) bond motifs is 1. The van der Waals surface area contributed by atoms with Gasteiger partial charge in [-0.25, -0.2) is 0 Å². The summed E-state index contributed by atoms with van der Waals surface area (Å²) in [6.45, 7) is 6.49. The third-order valence-corrected chi connectivity index (χ3v) is 3.68. The highest BCUT2D eigenvalue weighted by Crippen LogP contribution is 2.12. The number of nitrogens with one attached hydrogen (secondary N) is 1. The zero-order valence-corrected chi connectivity index (χ0v) is 12.9. The Bertz CT molecular complexity index is 820. The second-order valence-electron chi connectivity index (χ2n) is 4.71. The van der Waals surface area contributed by atoms with Crippen molar-refractivity contribution < 1.29 is 4.79 Å². The number of rotatable bonds is 4. The molecular formula is C15H17N3O2S. The zero-order valence-electron chi connectivity index (χ0n) is 12.0. The van der Waals surface area contributed by atoms with Crippen molar-refractivity contribution in [3.63, 3.8) is 0 Å². The van der Waals surface area contributed by atoms with E-state index >= 15 is 0 Å². The van der Waals surface area contributed by atoms with E-state index in [-0.39, 0.29) is 11.5 Å². The molecule has 0 aliphatic carbocycles. The van der Waals surface area contributed by atoms with Crippen molar-refractivity contribution in [3.8, 4) is 0 Å². The highest BCUT2D eigenvalue weighted by atomic mass is 32.1. The molecule has 0 saturated heterocycles. The first-order chi connectivity index (χ1) is 9.99. The van der Waals surface area contributed by atoms with Gasteiger partial charge in [0.1, 0.15) is 0 Å². The van der Waals surface area contributed by atoms with Crippen LogP contribution in [0.5, 0.6) is 0 Å². The first-order valence-corrected chi connectivity index (χ1v) is 7.03. The smallest absolute Gasteiger partial charge is 0.262 e. The fourth-order valence-corrected chi connectivity index (χ4v) is 2.31. The van der Waals surface area contributed by atoms with Crippen molar-refractivity contribution in [2.45, 2.75) is 13.5 Å². The summed E-state index contributed by atoms with van der Waals surface area (Å²) < 4.78 is 1.76. The molecule has 21 heavy (non-hydrogen) atoms. The summed E-state index contributed by atoms with van der Waals surface area (Å²) in [6.07, 6.45) is 1.62. The summed E-state index contributed by atoms with van der Waals surface area (Å²) in [7, 11) is 1.73. The van der Waals surface area contributed by atoms with Gasteiger partial charge in [0.2, 0.25) is 0 Å². The molecule has 5 nitrogen and oxygen atoms in total. The molecule has 2 rings (SSSR count). The summed E-state index contributed by atoms with van der Waals surface area (Å²) in [5.41, 5.74) is 0.913. The van der Waals surface area contributed by atoms with E-state index in [1.54, 1.807) is 36.2 Å². The fraction of sp³-hybridized carbons (Fsp3) is 0.267. The summed E-state index contributed by atoms with van der Waals surface area (Å²) in [5, 5.41) is 0.501. The predicted octanol–water partition coefficient (Wildman–Crippen LogP) is 2.34. The van der Waals surface area contributed by atoms with Crippen molar-refractivity contribution in [3.05, 3.63) is 51.5 Å². The van der Waals surface area contributed by atoms with Crippen LogP contribution in [-0.2, 0) is 6.54 Å². The molecule has 0 aliphatic heterocycles. The number of benzene rings is 1. The number of carbonyl (C=O) groups excluding carboxylic acids is 1. The molecule has 1 N–H and O–H groups in total. The molecule has 0 atom stereocenters. The second-order valence-corrected chi connectivity index (χ2v) is 5.10. The van der Waals surface area contributed by atoms with Crippen LogP contribution in [0, 0.1) is 4.77 Å². The van der Waals surface area contributed by atoms with Gasteiger partial charge in [0, 0.05) is 25.7 Å². The SMILES string of the molecule is C=CCn1c(=S)[nH]c2cc(C(=O)N(C)CC)ccc2c1=O. The normalized spacial score (nSPS) is 10.6. The minimum Gasteiger partial charge on any atom is -0.342 e. The molecule has 1 aromatic heterocycles. The van der Waals surface area contributed by atoms with E-state index in [1.165, 1.54) is 4.57 Å². The number of nitrogens with zero attached hydrogens (tertiary/aromatic N) is 2. The monoisotopic (exact) mass is 303 g/mol. The largest absolute Gasteiger partial charge is 0.342 e. The summed E-state index contributed by atoms with van der Waals surface area (Å²) >= 11 is 5.18. The Hall–Kier alpha value is -2.21. The Kier molecular flexibility index (Phi) is 4.37. The van der Waals surface area contributed by atoms with E-state index in [9.17, 15) is 9.59 Å². The third-order valence-electron chi connectivity index (χ3n) is 3.36. The fourth-order valence-electron chi connectivity index (χ4n) is 2.05. The number of aromatic amines is 1. The van der Waals surface area contributed by atoms with Gasteiger partial charge in [0.05, 0.1) is 10.9 Å². The quantitative estimate of drug-likeness (QED) is 0.696. The minimum atomic E-state index is -0.184. The van der Waals surface area contributed by atoms with Crippen molar-refractivity contribution in [2.24, 2.45) is 0 Å². The van der Waals surface area contributed by atoms with Gasteiger partial charge < -0.3 is 9.88 Å². The molecule has 110 valence electrons. The lowest BCUT2D eigenvalue weighted by atomic mass is 10.1. The van der Waals surface area contributed by atoms with Gasteiger partial charge in [0.25, 0.3) is 11.5 Å². The van der Waals surface area contributed by atoms with Crippen molar-refractivity contribution >= 4 is 29.0 Å². The summed E-state index contributed by atoms with van der Waals surface area (Å²) in [5.74, 6) is -0.0889. The molecule has 0 fully saturated rings. The van der Waals surface area contributed by atoms with Crippen molar-refractivity contribution in [2.75, 3.05) is 13.6 Å². The first kappa shape index (κ1) is 15.2. The Balaban J connectivity index is 2.63. The Labute approximate surface area is 127 Å². The maximum atomic E-state index is 12.3. The summed E-state index contributed by atoms with van der Waals surface area (Å²) in [4.78, 5) is 29.1. The van der Waals surface area contributed by atoms with E-state index in [2.05, 4.69) is 11.6 Å². The van der Waals surface area contributed by atoms with E-state index in [4.69, 9.17) is 12.2 Å². The van der Waals surface area contributed by atoms with Gasteiger partial charge in [0.15, 0.2) is 4.77 Å². The number of H-pyrrole nitrogens is 1. The Morgan fingerprint density at radius 1 is 1.52 bits per heavy atom. The Morgan fingerprint density at radius 3 is 2.86 bits per heavy atom. The topological polar surface area (TPSA) is 58.1 Å². The molecule has 0 saturated carbocycles. The molecule has 1 heterocycles. The minimum absolute atomic E-state index is 0.0889. The number of carbonyl (C=O) groups is 1. The lowest BCUT2D eigenvalue weighted by Crippen LogP contribution is -2.26. The number of hydrogen-bond donors (Lipinski definition) is 1. The van der Waals surface area contributed by atoms with Gasteiger partial charge in [-0.3, -0.25) is 14.2 Å². The van der Waals surface area contributed by atoms with Crippen LogP contribution in [0.25, 0.3) is 10.9 Å². The molecule has 1 amide bonds. The van der Waals surface area contributed by atoms with Crippen LogP contribution in [-0.4, -0.2) is 34.0 Å². The van der Waals surface area contributed by atoms with E-state index in [1.807, 2.05) is 6.92 Å². The van der Waals surface area contributed by atoms with Gasteiger partial charge >= 0.3 is 0 Å². The number of aromatic nitrogens is 2. The second kappa shape index (κ2) is 6.05. The van der Waals surface area contributed by atoms with Gasteiger partial charge in [-0.2, -0.15) is 0 Å². The number of amides is 1. The van der Waals surface area contributed by atoms with Crippen LogP contribution in [0.4, 0.5) is 0 Å². The van der Waals surface area contributed by atoms with Crippen molar-refractivity contribution in [1.82, 2.24) is 14.5 Å². The molecule has 1 aromatic carbocycles. The van der Waals surface area contributed by atoms with Gasteiger partial charge in [-0.15, -0.1) is 6.58 Å². The predicted molar refractivity (Wildman–Crippen MR) is 86.2 cm³/mol. The van der Waals surface area contributed by atoms with Crippen molar-refractivity contribution in [1.29, 1.82) is 0 Å². The van der Waals surface area contributed by atoms with Crippen LogP contribution >= 0.6 is 12.2 Å². The van der Waals surface area contributed by atoms with Gasteiger partial charge in [-0.05, 0) is 37.3 Å². The molecule has 0 spiro atoms. The van der Waals surface area contributed by atoms with E-state index < -0.39 is 0 Å². The number of hydrogen-bond acceptors (Lipinski definition) is 3. The van der Waals surface area contributed by atoms with E-state index in [0.717, 1.165) is 0 Å². The van der Waals surface area contributed by atoms with Crippen LogP contribution in [0.2, 0.25) is 0 Å². The zero-order chi connectivity index (χ0) is 15.6. The highest BCUT2D eigenvalue weighted by molar-refractivity contribution is 7.71. The van der Waals surface area contributed by atoms with Crippen LogP contribution in [0.1, 0.15) is 17.3 Å². The van der Waals surface area contributed by atoms with E-state index in [0.29, 0.717) is 34.3 Å². The molecule has 0 unspecified atom stereocenters. The maximum Gasteiger partial charge on any atom is 0.262 e. The van der Waals surface area contributed by atoms with Crippen LogP contribution in [0.15, 0.2) is 35.6 Å². The first-order valence-electron chi connectivity index (χ1n) is 6.62. The maximum absolute atomic E-state index is 12.3. The molecule has 6 heteroatoms. The Morgan fingerprint density at radius 2 is 2.24 bits per heavy atom. The van der Waals surface area contributed by atoms with Crippen LogP contribution < -0.4 is 5.56 Å². The molecule has 0 radical (unpaired) electrons. The molecular weight excluding hydrogens is 286 g/mol. The van der Waals surface area contributed by atoms with Gasteiger partial charge in [-0.1, -0.05) is 6.08 Å². The average molecular weight is 303 g/mol. The standard InChI is InChI=1S/C15H17N3O2S/c1-4-8-18-14(20)11-7-6-10(13(19)17(3)5-2)9-12(11)16-15(18)21/h4,6-7,9H,1,5,8H2,2-3H3,(H,16,21). The lowest BCUT2D eigenvalue weighted by molar-refractivity contribution is 0.0802. The lowest BCUT2D eigenvalue weighted by Gasteiger charge is -2.14. The average Bonchev–Trinajstić information content (AvgIpc) is 2.49. The summed E-state index contributed by atoms with van der Waals surface area (Å²) in [6, 6.07) is 4.98. The number of allylic oxidation sites excluding steroid dienone is 1. The van der Waals surface area contributed by atoms with Crippen LogP contribution in [0.3, 0.4) is 0 Å².